The number of aliphatic imine (C=N–C) groups is 1. The van der Waals surface area contributed by atoms with Gasteiger partial charge in [0.05, 0.1) is 0 Å². The van der Waals surface area contributed by atoms with Crippen molar-refractivity contribution in [3.8, 4) is 12.3 Å². The van der Waals surface area contributed by atoms with Crippen LogP contribution in [-0.4, -0.2) is 48.6 Å². The lowest BCUT2D eigenvalue weighted by molar-refractivity contribution is 0.381. The van der Waals surface area contributed by atoms with Crippen molar-refractivity contribution in [3.05, 3.63) is 11.6 Å². The Morgan fingerprint density at radius 1 is 1.53 bits per heavy atom. The molecule has 0 spiro atoms. The van der Waals surface area contributed by atoms with Gasteiger partial charge in [-0.2, -0.15) is 0 Å². The van der Waals surface area contributed by atoms with Gasteiger partial charge in [-0.15, -0.1) is 17.8 Å². The van der Waals surface area contributed by atoms with Crippen LogP contribution in [0.3, 0.4) is 0 Å². The molecule has 0 unspecified atom stereocenters. The Morgan fingerprint density at radius 2 is 2.29 bits per heavy atom. The molecule has 90 valence electrons. The zero-order chi connectivity index (χ0) is 12.1. The number of anilines is 1. The van der Waals surface area contributed by atoms with Crippen molar-refractivity contribution in [2.45, 2.75) is 0 Å². The van der Waals surface area contributed by atoms with Crippen LogP contribution in [0.2, 0.25) is 0 Å². The second-order valence-electron chi connectivity index (χ2n) is 3.67. The number of guanidine groups is 1. The molecule has 1 fully saturated rings. The van der Waals surface area contributed by atoms with E-state index in [0.29, 0.717) is 12.5 Å². The summed E-state index contributed by atoms with van der Waals surface area (Å²) < 4.78 is 0. The topological polar surface area (TPSA) is 57.8 Å². The molecule has 1 aliphatic rings. The third-order valence-electron chi connectivity index (χ3n) is 2.63. The third kappa shape index (κ3) is 2.88. The van der Waals surface area contributed by atoms with E-state index in [1.54, 1.807) is 11.3 Å². The van der Waals surface area contributed by atoms with E-state index < -0.39 is 0 Å². The number of piperazine rings is 1. The number of hydrogen-bond acceptors (Lipinski definition) is 4. The molecule has 0 atom stereocenters. The van der Waals surface area contributed by atoms with Gasteiger partial charge in [-0.1, -0.05) is 5.92 Å². The molecule has 0 radical (unpaired) electrons. The summed E-state index contributed by atoms with van der Waals surface area (Å²) in [5.74, 6) is 3.00. The van der Waals surface area contributed by atoms with Crippen molar-refractivity contribution >= 4 is 22.4 Å². The highest BCUT2D eigenvalue weighted by Gasteiger charge is 2.19. The summed E-state index contributed by atoms with van der Waals surface area (Å²) in [6, 6.07) is 0. The minimum atomic E-state index is 0.346. The molecule has 0 amide bonds. The molecule has 0 saturated carbocycles. The molecule has 6 heteroatoms. The van der Waals surface area contributed by atoms with E-state index in [1.807, 2.05) is 11.6 Å². The lowest BCUT2D eigenvalue weighted by atomic mass is 10.3. The predicted molar refractivity (Wildman–Crippen MR) is 71.2 cm³/mol. The molecule has 5 nitrogen and oxygen atoms in total. The summed E-state index contributed by atoms with van der Waals surface area (Å²) in [6.07, 6.45) is 6.97. The molecule has 2 rings (SSSR count). The average molecular weight is 249 g/mol. The lowest BCUT2D eigenvalue weighted by Crippen LogP contribution is -2.51. The number of terminal acetylenes is 1. The largest absolute Gasteiger partial charge is 0.370 e. The molecule has 0 bridgehead atoms. The lowest BCUT2D eigenvalue weighted by Gasteiger charge is -2.35. The molecule has 2 N–H and O–H groups in total. The zero-order valence-electron chi connectivity index (χ0n) is 9.54. The Labute approximate surface area is 105 Å². The van der Waals surface area contributed by atoms with Gasteiger partial charge >= 0.3 is 0 Å². The Hall–Kier alpha value is -1.74. The Morgan fingerprint density at radius 3 is 2.88 bits per heavy atom. The SMILES string of the molecule is C#CCN=C(N)N1CCN(c2nccs2)CC1. The fourth-order valence-electron chi connectivity index (χ4n) is 1.73. The van der Waals surface area contributed by atoms with Crippen LogP contribution in [-0.2, 0) is 0 Å². The fraction of sp³-hybridized carbons (Fsp3) is 0.455. The van der Waals surface area contributed by atoms with Gasteiger partial charge in [-0.05, 0) is 0 Å². The standard InChI is InChI=1S/C11H15N5S/c1-2-3-13-10(12)15-5-7-16(8-6-15)11-14-4-9-17-11/h1,4,9H,3,5-8H2,(H2,12,13). The van der Waals surface area contributed by atoms with Crippen LogP contribution in [0.15, 0.2) is 16.6 Å². The Balaban J connectivity index is 1.88. The van der Waals surface area contributed by atoms with Crippen LogP contribution in [0, 0.1) is 12.3 Å². The number of rotatable bonds is 2. The Kier molecular flexibility index (Phi) is 3.83. The summed E-state index contributed by atoms with van der Waals surface area (Å²) in [5.41, 5.74) is 5.85. The number of nitrogens with zero attached hydrogens (tertiary/aromatic N) is 4. The monoisotopic (exact) mass is 249 g/mol. The van der Waals surface area contributed by atoms with Gasteiger partial charge in [-0.25, -0.2) is 9.98 Å². The van der Waals surface area contributed by atoms with Crippen molar-refractivity contribution in [3.63, 3.8) is 0 Å². The highest BCUT2D eigenvalue weighted by atomic mass is 32.1. The van der Waals surface area contributed by atoms with Gasteiger partial charge < -0.3 is 15.5 Å². The number of hydrogen-bond donors (Lipinski definition) is 1. The molecule has 1 saturated heterocycles. The van der Waals surface area contributed by atoms with E-state index in [9.17, 15) is 0 Å². The van der Waals surface area contributed by atoms with Crippen molar-refractivity contribution in [1.29, 1.82) is 0 Å². The van der Waals surface area contributed by atoms with Gasteiger partial charge in [0, 0.05) is 37.8 Å². The highest BCUT2D eigenvalue weighted by Crippen LogP contribution is 2.18. The van der Waals surface area contributed by atoms with Gasteiger partial charge in [0.1, 0.15) is 6.54 Å². The number of nitrogens with two attached hydrogens (primary N) is 1. The average Bonchev–Trinajstić information content (AvgIpc) is 2.90. The second kappa shape index (κ2) is 5.55. The Bertz CT molecular complexity index is 412. The van der Waals surface area contributed by atoms with E-state index in [2.05, 4.69) is 25.7 Å². The van der Waals surface area contributed by atoms with Gasteiger partial charge in [0.2, 0.25) is 0 Å². The summed E-state index contributed by atoms with van der Waals surface area (Å²) in [4.78, 5) is 12.7. The van der Waals surface area contributed by atoms with E-state index >= 15 is 0 Å². The first-order valence-electron chi connectivity index (χ1n) is 5.44. The molecule has 1 aliphatic heterocycles. The van der Waals surface area contributed by atoms with E-state index in [-0.39, 0.29) is 0 Å². The van der Waals surface area contributed by atoms with Crippen LogP contribution in [0.4, 0.5) is 5.13 Å². The third-order valence-corrected chi connectivity index (χ3v) is 3.46. The normalized spacial score (nSPS) is 17.0. The minimum absolute atomic E-state index is 0.346. The van der Waals surface area contributed by atoms with Gasteiger partial charge in [-0.3, -0.25) is 0 Å². The number of aromatic nitrogens is 1. The molecular weight excluding hydrogens is 234 g/mol. The molecule has 1 aromatic rings. The maximum atomic E-state index is 5.85. The fourth-order valence-corrected chi connectivity index (χ4v) is 2.42. The van der Waals surface area contributed by atoms with Crippen LogP contribution >= 0.6 is 11.3 Å². The van der Waals surface area contributed by atoms with Crippen molar-refractivity contribution in [1.82, 2.24) is 9.88 Å². The van der Waals surface area contributed by atoms with Crippen LogP contribution < -0.4 is 10.6 Å². The molecule has 17 heavy (non-hydrogen) atoms. The zero-order valence-corrected chi connectivity index (χ0v) is 10.4. The molecular formula is C11H15N5S. The second-order valence-corrected chi connectivity index (χ2v) is 4.54. The van der Waals surface area contributed by atoms with Crippen LogP contribution in [0.25, 0.3) is 0 Å². The summed E-state index contributed by atoms with van der Waals surface area (Å²) >= 11 is 1.66. The molecule has 0 aromatic carbocycles. The molecule has 2 heterocycles. The molecule has 0 aliphatic carbocycles. The summed E-state index contributed by atoms with van der Waals surface area (Å²) in [6.45, 7) is 3.90. The van der Waals surface area contributed by atoms with Crippen molar-refractivity contribution in [2.24, 2.45) is 10.7 Å². The van der Waals surface area contributed by atoms with Crippen molar-refractivity contribution < 1.29 is 0 Å². The van der Waals surface area contributed by atoms with Gasteiger partial charge in [0.15, 0.2) is 11.1 Å². The van der Waals surface area contributed by atoms with Crippen molar-refractivity contribution in [2.75, 3.05) is 37.6 Å². The van der Waals surface area contributed by atoms with E-state index in [0.717, 1.165) is 31.3 Å². The predicted octanol–water partition coefficient (Wildman–Crippen LogP) is 0.213. The first-order chi connectivity index (χ1) is 8.31. The first-order valence-corrected chi connectivity index (χ1v) is 6.32. The maximum absolute atomic E-state index is 5.85. The van der Waals surface area contributed by atoms with E-state index in [1.165, 1.54) is 0 Å². The van der Waals surface area contributed by atoms with Crippen LogP contribution in [0.5, 0.6) is 0 Å². The van der Waals surface area contributed by atoms with Crippen LogP contribution in [0.1, 0.15) is 0 Å². The smallest absolute Gasteiger partial charge is 0.192 e. The summed E-state index contributed by atoms with van der Waals surface area (Å²) in [7, 11) is 0. The number of thiazole rings is 1. The molecule has 1 aromatic heterocycles. The first kappa shape index (κ1) is 11.7. The minimum Gasteiger partial charge on any atom is -0.370 e. The quantitative estimate of drug-likeness (QED) is 0.462. The maximum Gasteiger partial charge on any atom is 0.192 e. The van der Waals surface area contributed by atoms with E-state index in [4.69, 9.17) is 12.2 Å². The van der Waals surface area contributed by atoms with Gasteiger partial charge in [0.25, 0.3) is 0 Å². The summed E-state index contributed by atoms with van der Waals surface area (Å²) in [5, 5.41) is 3.06. The highest BCUT2D eigenvalue weighted by molar-refractivity contribution is 7.13.